The lowest BCUT2D eigenvalue weighted by atomic mass is 9.99. The van der Waals surface area contributed by atoms with Gasteiger partial charge in [-0.05, 0) is 19.8 Å². The number of rotatable bonds is 5. The zero-order valence-electron chi connectivity index (χ0n) is 15.0. The molecule has 1 fully saturated rings. The van der Waals surface area contributed by atoms with Crippen LogP contribution in [0.5, 0.6) is 0 Å². The highest BCUT2D eigenvalue weighted by Gasteiger charge is 2.43. The Balaban J connectivity index is 2.70. The maximum Gasteiger partial charge on any atom is 0.147 e. The molecule has 0 aliphatic heterocycles. The highest BCUT2D eigenvalue weighted by molar-refractivity contribution is 6.79. The van der Waals surface area contributed by atoms with Crippen LogP contribution in [0.4, 0.5) is 0 Å². The summed E-state index contributed by atoms with van der Waals surface area (Å²) in [5.74, 6) is 0. The van der Waals surface area contributed by atoms with Crippen LogP contribution in [-0.2, 0) is 9.47 Å². The van der Waals surface area contributed by atoms with E-state index in [-0.39, 0.29) is 5.22 Å². The van der Waals surface area contributed by atoms with Crippen LogP contribution < -0.4 is 0 Å². The van der Waals surface area contributed by atoms with Crippen molar-refractivity contribution in [2.45, 2.75) is 102 Å². The third-order valence-corrected chi connectivity index (χ3v) is 8.53. The molecule has 0 amide bonds. The Kier molecular flexibility index (Phi) is 9.15. The van der Waals surface area contributed by atoms with Gasteiger partial charge in [-0.3, -0.25) is 0 Å². The summed E-state index contributed by atoms with van der Waals surface area (Å²) in [5, 5.41) is 0.126. The predicted octanol–water partition coefficient (Wildman–Crippen LogP) is 5.92. The molecule has 1 aliphatic carbocycles. The smallest absolute Gasteiger partial charge is 0.147 e. The summed E-state index contributed by atoms with van der Waals surface area (Å²) in [5.41, 5.74) is 0. The zero-order valence-corrected chi connectivity index (χ0v) is 16.0. The van der Waals surface area contributed by atoms with Gasteiger partial charge in [0.1, 0.15) is 6.79 Å². The molecule has 0 bridgehead atoms. The third kappa shape index (κ3) is 6.83. The van der Waals surface area contributed by atoms with E-state index in [1.165, 1.54) is 70.6 Å². The Morgan fingerprint density at radius 2 is 1.19 bits per heavy atom. The van der Waals surface area contributed by atoms with Gasteiger partial charge in [-0.25, -0.2) is 0 Å². The summed E-state index contributed by atoms with van der Waals surface area (Å²) in [6.45, 7) is 10.7. The van der Waals surface area contributed by atoms with E-state index in [0.29, 0.717) is 6.79 Å². The summed E-state index contributed by atoms with van der Waals surface area (Å²) in [4.78, 5) is 0. The van der Waals surface area contributed by atoms with Crippen molar-refractivity contribution in [2.24, 2.45) is 0 Å². The van der Waals surface area contributed by atoms with Gasteiger partial charge in [0.25, 0.3) is 0 Å². The first kappa shape index (κ1) is 19.2. The Labute approximate surface area is 134 Å². The van der Waals surface area contributed by atoms with Gasteiger partial charge < -0.3 is 9.47 Å². The van der Waals surface area contributed by atoms with E-state index in [0.717, 1.165) is 6.61 Å². The van der Waals surface area contributed by atoms with Crippen LogP contribution >= 0.6 is 0 Å². The molecule has 0 unspecified atom stereocenters. The minimum absolute atomic E-state index is 0.126. The Hall–Kier alpha value is 0.137. The first-order valence-corrected chi connectivity index (χ1v) is 12.7. The molecule has 0 saturated heterocycles. The average Bonchev–Trinajstić information content (AvgIpc) is 2.40. The van der Waals surface area contributed by atoms with E-state index >= 15 is 0 Å². The monoisotopic (exact) mass is 314 g/mol. The average molecular weight is 315 g/mol. The highest BCUT2D eigenvalue weighted by atomic mass is 28.3. The fourth-order valence-corrected chi connectivity index (χ4v) is 5.88. The second-order valence-corrected chi connectivity index (χ2v) is 13.1. The molecule has 0 heterocycles. The fraction of sp³-hybridized carbons (Fsp3) is 1.00. The molecule has 2 nitrogen and oxygen atoms in total. The maximum atomic E-state index is 6.42. The number of hydrogen-bond donors (Lipinski definition) is 0. The van der Waals surface area contributed by atoms with Crippen molar-refractivity contribution in [1.82, 2.24) is 0 Å². The minimum Gasteiger partial charge on any atom is -0.356 e. The summed E-state index contributed by atoms with van der Waals surface area (Å²) in [6.07, 6.45) is 15.0. The van der Waals surface area contributed by atoms with Gasteiger partial charge in [0.15, 0.2) is 0 Å². The van der Waals surface area contributed by atoms with Crippen LogP contribution in [0.3, 0.4) is 0 Å². The summed E-state index contributed by atoms with van der Waals surface area (Å²) >= 11 is 0. The molecule has 0 radical (unpaired) electrons. The van der Waals surface area contributed by atoms with Crippen LogP contribution in [0.25, 0.3) is 0 Å². The second-order valence-electron chi connectivity index (χ2n) is 7.68. The second kappa shape index (κ2) is 10.0. The molecule has 1 saturated carbocycles. The Morgan fingerprint density at radius 1 is 0.762 bits per heavy atom. The maximum absolute atomic E-state index is 6.42. The van der Waals surface area contributed by atoms with E-state index in [2.05, 4.69) is 19.6 Å². The van der Waals surface area contributed by atoms with Gasteiger partial charge in [-0.2, -0.15) is 0 Å². The fourth-order valence-electron chi connectivity index (χ4n) is 3.53. The van der Waals surface area contributed by atoms with E-state index < -0.39 is 8.07 Å². The summed E-state index contributed by atoms with van der Waals surface area (Å²) < 4.78 is 11.9. The standard InChI is InChI=1S/C18H38O2Si/c1-5-19-17-20-18(21(2,3)4)15-13-11-9-7-6-8-10-12-14-16-18/h5-17H2,1-4H3. The molecule has 1 aliphatic rings. The molecule has 0 N–H and O–H groups in total. The lowest BCUT2D eigenvalue weighted by molar-refractivity contribution is -0.116. The molecular formula is C18H38O2Si. The quantitative estimate of drug-likeness (QED) is 0.356. The molecular weight excluding hydrogens is 276 g/mol. The van der Waals surface area contributed by atoms with E-state index in [9.17, 15) is 0 Å². The summed E-state index contributed by atoms with van der Waals surface area (Å²) in [6, 6.07) is 0. The number of ether oxygens (including phenoxy) is 2. The van der Waals surface area contributed by atoms with Crippen LogP contribution in [0, 0.1) is 0 Å². The molecule has 21 heavy (non-hydrogen) atoms. The molecule has 126 valence electrons. The van der Waals surface area contributed by atoms with Crippen LogP contribution in [0.1, 0.15) is 77.6 Å². The van der Waals surface area contributed by atoms with Crippen molar-refractivity contribution < 1.29 is 9.47 Å². The van der Waals surface area contributed by atoms with Crippen LogP contribution in [0.15, 0.2) is 0 Å². The van der Waals surface area contributed by atoms with Crippen molar-refractivity contribution in [3.05, 3.63) is 0 Å². The molecule has 0 atom stereocenters. The van der Waals surface area contributed by atoms with Gasteiger partial charge in [-0.1, -0.05) is 77.4 Å². The normalized spacial score (nSPS) is 22.3. The molecule has 3 heteroatoms. The van der Waals surface area contributed by atoms with Crippen LogP contribution in [0.2, 0.25) is 19.6 Å². The van der Waals surface area contributed by atoms with Gasteiger partial charge in [-0.15, -0.1) is 0 Å². The highest BCUT2D eigenvalue weighted by Crippen LogP contribution is 2.36. The lowest BCUT2D eigenvalue weighted by Crippen LogP contribution is -2.54. The Bertz CT molecular complexity index is 248. The summed E-state index contributed by atoms with van der Waals surface area (Å²) in [7, 11) is -1.38. The molecule has 0 aromatic heterocycles. The van der Waals surface area contributed by atoms with Gasteiger partial charge in [0.2, 0.25) is 0 Å². The van der Waals surface area contributed by atoms with Crippen molar-refractivity contribution in [3.8, 4) is 0 Å². The number of hydrogen-bond acceptors (Lipinski definition) is 2. The van der Waals surface area contributed by atoms with Crippen molar-refractivity contribution in [3.63, 3.8) is 0 Å². The van der Waals surface area contributed by atoms with Crippen molar-refractivity contribution >= 4 is 8.07 Å². The van der Waals surface area contributed by atoms with Gasteiger partial charge >= 0.3 is 0 Å². The van der Waals surface area contributed by atoms with E-state index in [1.54, 1.807) is 0 Å². The molecule has 0 aromatic rings. The van der Waals surface area contributed by atoms with Gasteiger partial charge in [0.05, 0.1) is 13.3 Å². The third-order valence-electron chi connectivity index (χ3n) is 5.15. The SMILES string of the molecule is CCOCOC1([Si](C)(C)C)CCCCCCCCCCC1. The first-order chi connectivity index (χ1) is 10.0. The minimum atomic E-state index is -1.38. The zero-order chi connectivity index (χ0) is 15.6. The van der Waals surface area contributed by atoms with Crippen molar-refractivity contribution in [2.75, 3.05) is 13.4 Å². The molecule has 1 rings (SSSR count). The predicted molar refractivity (Wildman–Crippen MR) is 94.4 cm³/mol. The first-order valence-electron chi connectivity index (χ1n) is 9.23. The Morgan fingerprint density at radius 3 is 1.57 bits per heavy atom. The van der Waals surface area contributed by atoms with Crippen molar-refractivity contribution in [1.29, 1.82) is 0 Å². The van der Waals surface area contributed by atoms with E-state index in [1.807, 2.05) is 6.92 Å². The lowest BCUT2D eigenvalue weighted by Gasteiger charge is -2.44. The molecule has 0 spiro atoms. The largest absolute Gasteiger partial charge is 0.356 e. The van der Waals surface area contributed by atoms with Crippen LogP contribution in [-0.4, -0.2) is 26.7 Å². The molecule has 0 aromatic carbocycles. The van der Waals surface area contributed by atoms with E-state index in [4.69, 9.17) is 9.47 Å². The van der Waals surface area contributed by atoms with Gasteiger partial charge in [0, 0.05) is 6.61 Å². The topological polar surface area (TPSA) is 18.5 Å².